The molecule has 0 saturated heterocycles. The van der Waals surface area contributed by atoms with E-state index in [1.807, 2.05) is 0 Å². The zero-order valence-corrected chi connectivity index (χ0v) is 23.5. The maximum Gasteiger partial charge on any atom is 0.417 e. The van der Waals surface area contributed by atoms with Gasteiger partial charge in [-0.1, -0.05) is 77.6 Å². The summed E-state index contributed by atoms with van der Waals surface area (Å²) in [6.45, 7) is 3.46. The van der Waals surface area contributed by atoms with Crippen LogP contribution >= 0.6 is 0 Å². The van der Waals surface area contributed by atoms with Gasteiger partial charge >= 0.3 is 6.18 Å². The highest BCUT2D eigenvalue weighted by Crippen LogP contribution is 2.33. The van der Waals surface area contributed by atoms with Crippen molar-refractivity contribution in [2.45, 2.75) is 116 Å². The number of carbonyl (C=O) groups is 1. The SMILES string of the molecule is CCCCCCCS(=O)(=O)CCCCCCCCCC[C@](C)(O)C(=O)Nc1ccc(C#N)c(C(F)(F)F)c1. The third kappa shape index (κ3) is 13.6. The Morgan fingerprint density at radius 2 is 1.42 bits per heavy atom. The molecule has 0 spiro atoms. The zero-order valence-electron chi connectivity index (χ0n) is 22.7. The summed E-state index contributed by atoms with van der Waals surface area (Å²) in [7, 11) is -2.95. The lowest BCUT2D eigenvalue weighted by atomic mass is 9.96. The van der Waals surface area contributed by atoms with Gasteiger partial charge < -0.3 is 10.4 Å². The second-order valence-corrected chi connectivity index (χ2v) is 12.5. The summed E-state index contributed by atoms with van der Waals surface area (Å²) >= 11 is 0. The number of carbonyl (C=O) groups excluding carboxylic acids is 1. The number of nitrogens with one attached hydrogen (secondary N) is 1. The molecule has 1 aromatic rings. The fourth-order valence-corrected chi connectivity index (χ4v) is 5.70. The number of aliphatic hydroxyl groups is 1. The van der Waals surface area contributed by atoms with Gasteiger partial charge in [-0.25, -0.2) is 8.42 Å². The summed E-state index contributed by atoms with van der Waals surface area (Å²) in [4.78, 5) is 12.4. The molecule has 10 heteroatoms. The fraction of sp³-hybridized carbons (Fsp3) is 0.714. The van der Waals surface area contributed by atoms with Gasteiger partial charge in [-0.2, -0.15) is 18.4 Å². The van der Waals surface area contributed by atoms with Crippen LogP contribution in [0.1, 0.15) is 115 Å². The summed E-state index contributed by atoms with van der Waals surface area (Å²) in [5.41, 5.74) is -3.56. The molecule has 0 aliphatic heterocycles. The van der Waals surface area contributed by atoms with Crippen LogP contribution in [0.2, 0.25) is 0 Å². The molecule has 0 aliphatic rings. The zero-order chi connectivity index (χ0) is 28.7. The molecule has 2 N–H and O–H groups in total. The van der Waals surface area contributed by atoms with E-state index in [0.29, 0.717) is 24.7 Å². The van der Waals surface area contributed by atoms with Crippen LogP contribution in [0.15, 0.2) is 18.2 Å². The van der Waals surface area contributed by atoms with Crippen LogP contribution in [-0.2, 0) is 20.8 Å². The molecule has 0 saturated carbocycles. The Balaban J connectivity index is 2.23. The van der Waals surface area contributed by atoms with E-state index >= 15 is 0 Å². The van der Waals surface area contributed by atoms with Crippen LogP contribution in [0.4, 0.5) is 18.9 Å². The van der Waals surface area contributed by atoms with Gasteiger partial charge in [0.25, 0.3) is 5.91 Å². The highest BCUT2D eigenvalue weighted by atomic mass is 32.2. The predicted molar refractivity (Wildman–Crippen MR) is 144 cm³/mol. The smallest absolute Gasteiger partial charge is 0.380 e. The number of nitrogens with zero attached hydrogens (tertiary/aromatic N) is 1. The average molecular weight is 561 g/mol. The summed E-state index contributed by atoms with van der Waals surface area (Å²) in [6.07, 6.45) is 7.37. The van der Waals surface area contributed by atoms with Crippen LogP contribution in [0.25, 0.3) is 0 Å². The van der Waals surface area contributed by atoms with Crippen molar-refractivity contribution in [2.75, 3.05) is 16.8 Å². The molecule has 0 aliphatic carbocycles. The first-order valence-electron chi connectivity index (χ1n) is 13.7. The second kappa shape index (κ2) is 16.8. The number of sulfone groups is 1. The van der Waals surface area contributed by atoms with Crippen LogP contribution in [0, 0.1) is 11.3 Å². The van der Waals surface area contributed by atoms with E-state index in [0.717, 1.165) is 76.7 Å². The van der Waals surface area contributed by atoms with Crippen LogP contribution in [0.3, 0.4) is 0 Å². The topological polar surface area (TPSA) is 107 Å². The van der Waals surface area contributed by atoms with E-state index in [1.54, 1.807) is 0 Å². The van der Waals surface area contributed by atoms with Gasteiger partial charge in [-0.05, 0) is 44.4 Å². The predicted octanol–water partition coefficient (Wildman–Crippen LogP) is 7.16. The minimum absolute atomic E-state index is 0.138. The Morgan fingerprint density at radius 1 is 0.921 bits per heavy atom. The minimum Gasteiger partial charge on any atom is -0.380 e. The molecule has 216 valence electrons. The monoisotopic (exact) mass is 560 g/mol. The van der Waals surface area contributed by atoms with E-state index in [2.05, 4.69) is 12.2 Å². The first-order chi connectivity index (χ1) is 17.8. The average Bonchev–Trinajstić information content (AvgIpc) is 2.84. The third-order valence-electron chi connectivity index (χ3n) is 6.62. The van der Waals surface area contributed by atoms with Gasteiger partial charge in [0.1, 0.15) is 15.4 Å². The lowest BCUT2D eigenvalue weighted by molar-refractivity contribution is -0.138. The quantitative estimate of drug-likeness (QED) is 0.175. The van der Waals surface area contributed by atoms with Crippen LogP contribution in [0.5, 0.6) is 0 Å². The number of hydrogen-bond donors (Lipinski definition) is 2. The number of unbranched alkanes of at least 4 members (excludes halogenated alkanes) is 11. The summed E-state index contributed by atoms with van der Waals surface area (Å²) < 4.78 is 63.5. The van der Waals surface area contributed by atoms with Crippen molar-refractivity contribution in [3.8, 4) is 6.07 Å². The Bertz CT molecular complexity index is 1000. The number of anilines is 1. The molecule has 1 aromatic carbocycles. The van der Waals surface area contributed by atoms with Crippen molar-refractivity contribution in [2.24, 2.45) is 0 Å². The van der Waals surface area contributed by atoms with E-state index in [4.69, 9.17) is 5.26 Å². The molecule has 0 radical (unpaired) electrons. The van der Waals surface area contributed by atoms with Crippen LogP contribution in [-0.4, -0.2) is 36.5 Å². The number of nitriles is 1. The third-order valence-corrected chi connectivity index (χ3v) is 8.44. The van der Waals surface area contributed by atoms with Crippen molar-refractivity contribution in [3.63, 3.8) is 0 Å². The van der Waals surface area contributed by atoms with E-state index in [-0.39, 0.29) is 17.9 Å². The van der Waals surface area contributed by atoms with E-state index in [9.17, 15) is 31.5 Å². The highest BCUT2D eigenvalue weighted by molar-refractivity contribution is 7.91. The van der Waals surface area contributed by atoms with Crippen molar-refractivity contribution in [1.29, 1.82) is 5.26 Å². The minimum atomic E-state index is -4.74. The number of amides is 1. The highest BCUT2D eigenvalue weighted by Gasteiger charge is 2.35. The molecule has 0 unspecified atom stereocenters. The lowest BCUT2D eigenvalue weighted by Gasteiger charge is -2.22. The van der Waals surface area contributed by atoms with Gasteiger partial charge in [-0.15, -0.1) is 0 Å². The summed E-state index contributed by atoms with van der Waals surface area (Å²) in [5.74, 6) is -0.246. The first kappa shape index (κ1) is 33.9. The Labute approximate surface area is 225 Å². The van der Waals surface area contributed by atoms with Crippen molar-refractivity contribution in [1.82, 2.24) is 0 Å². The number of alkyl halides is 3. The normalized spacial score (nSPS) is 13.6. The molecule has 0 bridgehead atoms. The van der Waals surface area contributed by atoms with E-state index < -0.39 is 38.6 Å². The number of rotatable bonds is 19. The fourth-order valence-electron chi connectivity index (χ4n) is 4.21. The van der Waals surface area contributed by atoms with E-state index in [1.165, 1.54) is 19.1 Å². The molecule has 38 heavy (non-hydrogen) atoms. The standard InChI is InChI=1S/C28H43F3N2O4S/c1-3-4-5-11-14-19-38(36,37)20-15-12-9-7-6-8-10-13-18-27(2,35)26(34)33-24-17-16-23(22-32)25(21-24)28(29,30)31/h16-17,21,35H,3-15,18-20H2,1-2H3,(H,33,34)/t27-/m0/s1. The second-order valence-electron chi connectivity index (χ2n) is 10.2. The lowest BCUT2D eigenvalue weighted by Crippen LogP contribution is -2.40. The molecule has 1 amide bonds. The van der Waals surface area contributed by atoms with Gasteiger partial charge in [0.15, 0.2) is 0 Å². The molecule has 0 heterocycles. The van der Waals surface area contributed by atoms with Gasteiger partial charge in [0, 0.05) is 5.69 Å². The van der Waals surface area contributed by atoms with Gasteiger partial charge in [-0.3, -0.25) is 4.79 Å². The van der Waals surface area contributed by atoms with Crippen molar-refractivity contribution in [3.05, 3.63) is 29.3 Å². The van der Waals surface area contributed by atoms with Crippen molar-refractivity contribution < 1.29 is 31.5 Å². The number of hydrogen-bond acceptors (Lipinski definition) is 5. The first-order valence-corrected chi connectivity index (χ1v) is 15.5. The molecular formula is C28H43F3N2O4S. The maximum atomic E-state index is 13.1. The molecular weight excluding hydrogens is 517 g/mol. The maximum absolute atomic E-state index is 13.1. The Kier molecular flexibility index (Phi) is 15.0. The molecule has 0 aromatic heterocycles. The van der Waals surface area contributed by atoms with Gasteiger partial charge in [0.2, 0.25) is 0 Å². The molecule has 6 nitrogen and oxygen atoms in total. The number of halogens is 3. The van der Waals surface area contributed by atoms with Gasteiger partial charge in [0.05, 0.1) is 28.7 Å². The Hall–Kier alpha value is -2.12. The molecule has 1 rings (SSSR count). The Morgan fingerprint density at radius 3 is 1.92 bits per heavy atom. The largest absolute Gasteiger partial charge is 0.417 e. The molecule has 1 atom stereocenters. The summed E-state index contributed by atoms with van der Waals surface area (Å²) in [6, 6.07) is 4.36. The summed E-state index contributed by atoms with van der Waals surface area (Å²) in [5, 5.41) is 21.7. The van der Waals surface area contributed by atoms with Crippen molar-refractivity contribution >= 4 is 21.4 Å². The van der Waals surface area contributed by atoms with Crippen LogP contribution < -0.4 is 5.32 Å². The number of benzene rings is 1. The molecule has 0 fully saturated rings.